The van der Waals surface area contributed by atoms with E-state index >= 15 is 0 Å². The lowest BCUT2D eigenvalue weighted by atomic mass is 9.95. The molecule has 1 atom stereocenters. The smallest absolute Gasteiger partial charge is 0.295 e. The largest absolute Gasteiger partial charge is 0.507 e. The third-order valence-electron chi connectivity index (χ3n) is 6.12. The number of likely N-dealkylation sites (tertiary alicyclic amines) is 1. The van der Waals surface area contributed by atoms with Crippen LogP contribution in [0, 0.1) is 5.92 Å². The lowest BCUT2D eigenvalue weighted by Crippen LogP contribution is -2.29. The predicted molar refractivity (Wildman–Crippen MR) is 136 cm³/mol. The quantitative estimate of drug-likeness (QED) is 0.256. The van der Waals surface area contributed by atoms with E-state index in [1.807, 2.05) is 30.3 Å². The minimum atomic E-state index is -0.791. The second-order valence-electron chi connectivity index (χ2n) is 9.12. The number of hydrogen-bond acceptors (Lipinski definition) is 6. The van der Waals surface area contributed by atoms with Crippen molar-refractivity contribution in [3.05, 3.63) is 95.3 Å². The highest BCUT2D eigenvalue weighted by atomic mass is 16.5. The molecule has 1 aromatic heterocycles. The third kappa shape index (κ3) is 5.40. The normalized spacial score (nSPS) is 17.0. The number of benzene rings is 2. The third-order valence-corrected chi connectivity index (χ3v) is 6.12. The van der Waals surface area contributed by atoms with Crippen molar-refractivity contribution < 1.29 is 24.2 Å². The maximum absolute atomic E-state index is 13.3. The Morgan fingerprint density at radius 3 is 2.50 bits per heavy atom. The molecule has 36 heavy (non-hydrogen) atoms. The zero-order valence-electron chi connectivity index (χ0n) is 20.7. The van der Waals surface area contributed by atoms with Crippen LogP contribution in [0.5, 0.6) is 11.5 Å². The van der Waals surface area contributed by atoms with E-state index in [9.17, 15) is 14.7 Å². The molecule has 3 aromatic rings. The fourth-order valence-electron chi connectivity index (χ4n) is 4.17. The SMILES string of the molecule is COc1ccc(/C(O)=C2\C(=O)C(=O)N(Cc3cccnc3)C2c2cccc(OCCC(C)C)c2)cc1. The minimum Gasteiger partial charge on any atom is -0.507 e. The van der Waals surface area contributed by atoms with Crippen molar-refractivity contribution >= 4 is 17.4 Å². The summed E-state index contributed by atoms with van der Waals surface area (Å²) in [5.41, 5.74) is 1.91. The number of nitrogens with zero attached hydrogens (tertiary/aromatic N) is 2. The van der Waals surface area contributed by atoms with Gasteiger partial charge >= 0.3 is 0 Å². The van der Waals surface area contributed by atoms with Crippen LogP contribution >= 0.6 is 0 Å². The van der Waals surface area contributed by atoms with E-state index in [4.69, 9.17) is 9.47 Å². The van der Waals surface area contributed by atoms with Crippen LogP contribution in [-0.2, 0) is 16.1 Å². The first-order chi connectivity index (χ1) is 17.4. The number of ether oxygens (including phenoxy) is 2. The number of ketones is 1. The molecule has 1 unspecified atom stereocenters. The number of aliphatic hydroxyl groups is 1. The molecule has 0 radical (unpaired) electrons. The Bertz CT molecular complexity index is 1250. The zero-order valence-corrected chi connectivity index (χ0v) is 20.7. The van der Waals surface area contributed by atoms with Gasteiger partial charge in [0.1, 0.15) is 17.3 Å². The molecule has 1 aliphatic rings. The summed E-state index contributed by atoms with van der Waals surface area (Å²) in [7, 11) is 1.55. The van der Waals surface area contributed by atoms with Crippen molar-refractivity contribution in [1.29, 1.82) is 0 Å². The molecule has 1 fully saturated rings. The Morgan fingerprint density at radius 1 is 1.06 bits per heavy atom. The van der Waals surface area contributed by atoms with Gasteiger partial charge in [-0.1, -0.05) is 32.0 Å². The molecule has 0 bridgehead atoms. The van der Waals surface area contributed by atoms with E-state index in [0.717, 1.165) is 12.0 Å². The number of rotatable bonds is 9. The highest BCUT2D eigenvalue weighted by Crippen LogP contribution is 2.41. The lowest BCUT2D eigenvalue weighted by Gasteiger charge is -2.25. The number of aliphatic hydroxyl groups excluding tert-OH is 1. The topological polar surface area (TPSA) is 89.0 Å². The standard InChI is InChI=1S/C29H30N2O5/c1-19(2)13-15-36-24-8-4-7-22(16-24)26-25(27(32)21-9-11-23(35-3)12-10-21)28(33)29(34)31(26)18-20-6-5-14-30-17-20/h4-12,14,16-17,19,26,32H,13,15,18H2,1-3H3/b27-25+. The first kappa shape index (κ1) is 25.0. The van der Waals surface area contributed by atoms with Crippen molar-refractivity contribution in [3.8, 4) is 11.5 Å². The van der Waals surface area contributed by atoms with Crippen molar-refractivity contribution in [2.75, 3.05) is 13.7 Å². The molecular weight excluding hydrogens is 456 g/mol. The second kappa shape index (κ2) is 11.1. The van der Waals surface area contributed by atoms with Gasteiger partial charge in [0.05, 0.1) is 25.3 Å². The van der Waals surface area contributed by atoms with Crippen LogP contribution in [0.25, 0.3) is 5.76 Å². The van der Waals surface area contributed by atoms with E-state index in [1.165, 1.54) is 4.90 Å². The van der Waals surface area contributed by atoms with Gasteiger partial charge in [0.2, 0.25) is 0 Å². The van der Waals surface area contributed by atoms with Crippen molar-refractivity contribution in [2.45, 2.75) is 32.9 Å². The van der Waals surface area contributed by atoms with Gasteiger partial charge in [0, 0.05) is 24.5 Å². The summed E-state index contributed by atoms with van der Waals surface area (Å²) in [5.74, 6) is 0.120. The molecule has 0 aliphatic carbocycles. The Labute approximate surface area is 211 Å². The fraction of sp³-hybridized carbons (Fsp3) is 0.276. The molecule has 0 saturated carbocycles. The average molecular weight is 487 g/mol. The van der Waals surface area contributed by atoms with Crippen LogP contribution < -0.4 is 9.47 Å². The molecule has 1 aliphatic heterocycles. The number of pyridine rings is 1. The number of hydrogen-bond donors (Lipinski definition) is 1. The van der Waals surface area contributed by atoms with E-state index < -0.39 is 17.7 Å². The molecule has 1 N–H and O–H groups in total. The number of Topliss-reactive ketones (excluding diaryl/α,β-unsaturated/α-hetero) is 1. The number of amides is 1. The van der Waals surface area contributed by atoms with E-state index in [-0.39, 0.29) is 17.9 Å². The molecule has 7 heteroatoms. The summed E-state index contributed by atoms with van der Waals surface area (Å²) >= 11 is 0. The van der Waals surface area contributed by atoms with E-state index in [2.05, 4.69) is 18.8 Å². The molecular formula is C29H30N2O5. The molecule has 2 heterocycles. The van der Waals surface area contributed by atoms with Crippen LogP contribution in [0.15, 0.2) is 78.6 Å². The number of methoxy groups -OCH3 is 1. The van der Waals surface area contributed by atoms with Crippen molar-refractivity contribution in [2.24, 2.45) is 5.92 Å². The van der Waals surface area contributed by atoms with Gasteiger partial charge in [-0.25, -0.2) is 0 Å². The first-order valence-electron chi connectivity index (χ1n) is 11.9. The van der Waals surface area contributed by atoms with Crippen LogP contribution in [0.4, 0.5) is 0 Å². The number of carbonyl (C=O) groups excluding carboxylic acids is 2. The molecule has 1 saturated heterocycles. The zero-order chi connectivity index (χ0) is 25.7. The minimum absolute atomic E-state index is 0.0355. The first-order valence-corrected chi connectivity index (χ1v) is 11.9. The van der Waals surface area contributed by atoms with Gasteiger partial charge in [0.25, 0.3) is 11.7 Å². The average Bonchev–Trinajstić information content (AvgIpc) is 3.14. The fourth-order valence-corrected chi connectivity index (χ4v) is 4.17. The van der Waals surface area contributed by atoms with Gasteiger partial charge in [0.15, 0.2) is 0 Å². The molecule has 186 valence electrons. The molecule has 7 nitrogen and oxygen atoms in total. The summed E-state index contributed by atoms with van der Waals surface area (Å²) in [6.07, 6.45) is 4.21. The summed E-state index contributed by atoms with van der Waals surface area (Å²) in [5, 5.41) is 11.3. The van der Waals surface area contributed by atoms with Crippen molar-refractivity contribution in [1.82, 2.24) is 9.88 Å². The van der Waals surface area contributed by atoms with E-state index in [0.29, 0.717) is 35.2 Å². The summed E-state index contributed by atoms with van der Waals surface area (Å²) in [4.78, 5) is 32.1. The van der Waals surface area contributed by atoms with Crippen LogP contribution in [0.2, 0.25) is 0 Å². The predicted octanol–water partition coefficient (Wildman–Crippen LogP) is 5.14. The number of carbonyl (C=O) groups is 2. The Morgan fingerprint density at radius 2 is 1.83 bits per heavy atom. The van der Waals surface area contributed by atoms with Crippen LogP contribution in [0.3, 0.4) is 0 Å². The Kier molecular flexibility index (Phi) is 7.68. The number of aromatic nitrogens is 1. The molecule has 4 rings (SSSR count). The summed E-state index contributed by atoms with van der Waals surface area (Å²) in [6.45, 7) is 4.99. The second-order valence-corrected chi connectivity index (χ2v) is 9.12. The monoisotopic (exact) mass is 486 g/mol. The molecule has 0 spiro atoms. The van der Waals surface area contributed by atoms with Crippen molar-refractivity contribution in [3.63, 3.8) is 0 Å². The van der Waals surface area contributed by atoms with Gasteiger partial charge in [-0.15, -0.1) is 0 Å². The Hall–Kier alpha value is -4.13. The van der Waals surface area contributed by atoms with Gasteiger partial charge in [-0.05, 0) is 65.9 Å². The molecule has 1 amide bonds. The lowest BCUT2D eigenvalue weighted by molar-refractivity contribution is -0.140. The van der Waals surface area contributed by atoms with Crippen LogP contribution in [0.1, 0.15) is 43.0 Å². The van der Waals surface area contributed by atoms with Gasteiger partial charge in [-0.2, -0.15) is 0 Å². The highest BCUT2D eigenvalue weighted by Gasteiger charge is 2.46. The van der Waals surface area contributed by atoms with Crippen LogP contribution in [-0.4, -0.2) is 40.4 Å². The van der Waals surface area contributed by atoms with E-state index in [1.54, 1.807) is 49.8 Å². The molecule has 2 aromatic carbocycles. The Balaban J connectivity index is 1.78. The maximum Gasteiger partial charge on any atom is 0.295 e. The van der Waals surface area contributed by atoms with Gasteiger partial charge in [-0.3, -0.25) is 14.6 Å². The van der Waals surface area contributed by atoms with Gasteiger partial charge < -0.3 is 19.5 Å². The maximum atomic E-state index is 13.3. The highest BCUT2D eigenvalue weighted by molar-refractivity contribution is 6.46. The summed E-state index contributed by atoms with van der Waals surface area (Å²) in [6, 6.07) is 16.9. The summed E-state index contributed by atoms with van der Waals surface area (Å²) < 4.78 is 11.1.